The van der Waals surface area contributed by atoms with Gasteiger partial charge in [-0.15, -0.1) is 11.3 Å². The molecular weight excluding hydrogens is 374 g/mol. The van der Waals surface area contributed by atoms with Gasteiger partial charge in [-0.2, -0.15) is 0 Å². The smallest absolute Gasteiger partial charge is 0.183 e. The lowest BCUT2D eigenvalue weighted by atomic mass is 10.1. The Morgan fingerprint density at radius 1 is 1.14 bits per heavy atom. The summed E-state index contributed by atoms with van der Waals surface area (Å²) < 4.78 is 11.6. The molecule has 6 nitrogen and oxygen atoms in total. The predicted octanol–water partition coefficient (Wildman–Crippen LogP) is 4.73. The maximum Gasteiger partial charge on any atom is 0.183 e. The fourth-order valence-corrected chi connectivity index (χ4v) is 3.49. The van der Waals surface area contributed by atoms with Crippen LogP contribution < -0.4 is 14.8 Å². The Morgan fingerprint density at radius 2 is 1.93 bits per heavy atom. The minimum Gasteiger partial charge on any atom is -0.493 e. The number of fused-ring (bicyclic) bond motifs is 1. The monoisotopic (exact) mass is 401 g/mol. The van der Waals surface area contributed by atoms with Crippen LogP contribution in [0.25, 0.3) is 22.3 Å². The highest BCUT2D eigenvalue weighted by molar-refractivity contribution is 7.14. The topological polar surface area (TPSA) is 76.5 Å². The van der Waals surface area contributed by atoms with Crippen LogP contribution in [0.2, 0.25) is 0 Å². The average Bonchev–Trinajstić information content (AvgIpc) is 3.07. The van der Waals surface area contributed by atoms with Crippen LogP contribution in [-0.2, 0) is 0 Å². The number of hydrogen-bond donors (Lipinski definition) is 2. The van der Waals surface area contributed by atoms with E-state index in [2.05, 4.69) is 24.1 Å². The highest BCUT2D eigenvalue weighted by Crippen LogP contribution is 2.33. The molecule has 1 aromatic carbocycles. The number of rotatable bonds is 8. The van der Waals surface area contributed by atoms with Crippen LogP contribution >= 0.6 is 11.3 Å². The lowest BCUT2D eigenvalue weighted by molar-refractivity contribution is 0.0285. The minimum absolute atomic E-state index is 0.201. The quantitative estimate of drug-likeness (QED) is 0.568. The Morgan fingerprint density at radius 3 is 2.61 bits per heavy atom. The van der Waals surface area contributed by atoms with Gasteiger partial charge in [0.2, 0.25) is 0 Å². The van der Waals surface area contributed by atoms with E-state index in [0.29, 0.717) is 18.4 Å². The number of aromatic nitrogens is 2. The molecule has 0 aliphatic carbocycles. The summed E-state index contributed by atoms with van der Waals surface area (Å²) in [5, 5.41) is 17.0. The first-order valence-electron chi connectivity index (χ1n) is 9.40. The van der Waals surface area contributed by atoms with Gasteiger partial charge in [0.05, 0.1) is 23.4 Å². The van der Waals surface area contributed by atoms with Crippen molar-refractivity contribution in [1.82, 2.24) is 9.97 Å². The molecule has 0 unspecified atom stereocenters. The van der Waals surface area contributed by atoms with Gasteiger partial charge in [0, 0.05) is 28.9 Å². The van der Waals surface area contributed by atoms with Crippen molar-refractivity contribution in [3.8, 4) is 22.9 Å². The third-order valence-corrected chi connectivity index (χ3v) is 4.59. The third kappa shape index (κ3) is 5.11. The summed E-state index contributed by atoms with van der Waals surface area (Å²) in [5.74, 6) is 1.42. The summed E-state index contributed by atoms with van der Waals surface area (Å²) in [5.41, 5.74) is 1.42. The lowest BCUT2D eigenvalue weighted by Gasteiger charge is -2.18. The zero-order valence-corrected chi connectivity index (χ0v) is 17.8. The molecular formula is C21H27N3O3S. The molecule has 2 heterocycles. The number of anilines is 1. The summed E-state index contributed by atoms with van der Waals surface area (Å²) in [6, 6.07) is 7.91. The summed E-state index contributed by atoms with van der Waals surface area (Å²) in [6.45, 7) is 10.3. The van der Waals surface area contributed by atoms with Crippen molar-refractivity contribution in [2.45, 2.75) is 46.3 Å². The molecule has 3 rings (SSSR count). The van der Waals surface area contributed by atoms with E-state index in [0.717, 1.165) is 33.2 Å². The van der Waals surface area contributed by atoms with E-state index in [-0.39, 0.29) is 6.61 Å². The largest absolute Gasteiger partial charge is 0.493 e. The van der Waals surface area contributed by atoms with Gasteiger partial charge in [0.1, 0.15) is 23.8 Å². The lowest BCUT2D eigenvalue weighted by Crippen LogP contribution is -2.27. The van der Waals surface area contributed by atoms with Crippen molar-refractivity contribution in [2.75, 3.05) is 18.5 Å². The molecule has 0 aliphatic heterocycles. The molecule has 28 heavy (non-hydrogen) atoms. The van der Waals surface area contributed by atoms with E-state index in [1.165, 1.54) is 0 Å². The number of aliphatic hydroxyl groups is 1. The second-order valence-corrected chi connectivity index (χ2v) is 8.41. The van der Waals surface area contributed by atoms with Gasteiger partial charge in [-0.05, 0) is 46.8 Å². The molecule has 3 aromatic rings. The van der Waals surface area contributed by atoms with Crippen LogP contribution in [0.3, 0.4) is 0 Å². The van der Waals surface area contributed by atoms with E-state index >= 15 is 0 Å². The second kappa shape index (κ2) is 8.32. The molecule has 0 atom stereocenters. The molecule has 0 radical (unpaired) electrons. The number of ether oxygens (including phenoxy) is 2. The van der Waals surface area contributed by atoms with E-state index in [4.69, 9.17) is 14.5 Å². The van der Waals surface area contributed by atoms with Crippen molar-refractivity contribution < 1.29 is 14.6 Å². The first-order valence-corrected chi connectivity index (χ1v) is 10.3. The highest BCUT2D eigenvalue weighted by Gasteiger charge is 2.15. The van der Waals surface area contributed by atoms with Crippen molar-refractivity contribution >= 4 is 27.4 Å². The van der Waals surface area contributed by atoms with Crippen LogP contribution in [0.1, 0.15) is 34.6 Å². The molecule has 0 fully saturated rings. The van der Waals surface area contributed by atoms with Gasteiger partial charge < -0.3 is 19.9 Å². The Bertz CT molecular complexity index is 948. The van der Waals surface area contributed by atoms with Crippen molar-refractivity contribution in [1.29, 1.82) is 0 Å². The zero-order valence-electron chi connectivity index (χ0n) is 16.9. The van der Waals surface area contributed by atoms with E-state index < -0.39 is 5.60 Å². The number of pyridine rings is 1. The Balaban J connectivity index is 1.99. The summed E-state index contributed by atoms with van der Waals surface area (Å²) in [4.78, 5) is 9.42. The van der Waals surface area contributed by atoms with E-state index in [1.54, 1.807) is 25.2 Å². The number of nitrogens with one attached hydrogen (secondary N) is 1. The fraction of sp³-hybridized carbons (Fsp3) is 0.429. The maximum atomic E-state index is 9.89. The van der Waals surface area contributed by atoms with E-state index in [1.807, 2.05) is 36.6 Å². The van der Waals surface area contributed by atoms with Crippen LogP contribution in [0, 0.1) is 0 Å². The van der Waals surface area contributed by atoms with Gasteiger partial charge in [-0.25, -0.2) is 9.97 Å². The molecule has 0 amide bonds. The molecule has 2 N–H and O–H groups in total. The van der Waals surface area contributed by atoms with Crippen molar-refractivity contribution in [2.24, 2.45) is 0 Å². The standard InChI is InChI=1S/C21H27N3O3S/c1-6-26-19-10-17(18-11-28-20(24-18)22-13(2)3)23-16-9-14(7-8-15(16)19)27-12-21(4,5)25/h7-11,13,25H,6,12H2,1-5H3,(H,22,24). The molecule has 0 aliphatic rings. The SMILES string of the molecule is CCOc1cc(-c2csc(NC(C)C)n2)nc2cc(OCC(C)(C)O)ccc12. The molecule has 150 valence electrons. The minimum atomic E-state index is -0.902. The number of hydrogen-bond acceptors (Lipinski definition) is 7. The maximum absolute atomic E-state index is 9.89. The zero-order chi connectivity index (χ0) is 20.3. The normalized spacial score (nSPS) is 11.8. The van der Waals surface area contributed by atoms with Crippen LogP contribution in [0.5, 0.6) is 11.5 Å². The van der Waals surface area contributed by atoms with Crippen molar-refractivity contribution in [3.05, 3.63) is 29.6 Å². The number of nitrogens with zero attached hydrogens (tertiary/aromatic N) is 2. The summed E-state index contributed by atoms with van der Waals surface area (Å²) in [7, 11) is 0. The third-order valence-electron chi connectivity index (χ3n) is 3.81. The molecule has 7 heteroatoms. The van der Waals surface area contributed by atoms with Gasteiger partial charge in [0.25, 0.3) is 0 Å². The summed E-state index contributed by atoms with van der Waals surface area (Å²) in [6.07, 6.45) is 0. The number of benzene rings is 1. The highest BCUT2D eigenvalue weighted by atomic mass is 32.1. The van der Waals surface area contributed by atoms with E-state index in [9.17, 15) is 5.11 Å². The average molecular weight is 402 g/mol. The molecule has 0 bridgehead atoms. The molecule has 0 spiro atoms. The first-order chi connectivity index (χ1) is 13.2. The van der Waals surface area contributed by atoms with Gasteiger partial charge in [-0.3, -0.25) is 0 Å². The summed E-state index contributed by atoms with van der Waals surface area (Å²) >= 11 is 1.56. The fourth-order valence-electron chi connectivity index (χ4n) is 2.64. The van der Waals surface area contributed by atoms with Crippen LogP contribution in [-0.4, -0.2) is 39.9 Å². The van der Waals surface area contributed by atoms with Crippen LogP contribution in [0.15, 0.2) is 29.6 Å². The second-order valence-electron chi connectivity index (χ2n) is 7.56. The molecule has 0 saturated heterocycles. The first kappa shape index (κ1) is 20.4. The Labute approximate surface area is 169 Å². The van der Waals surface area contributed by atoms with Gasteiger partial charge in [-0.1, -0.05) is 0 Å². The van der Waals surface area contributed by atoms with Gasteiger partial charge in [0.15, 0.2) is 5.13 Å². The Hall–Kier alpha value is -2.38. The molecule has 2 aromatic heterocycles. The Kier molecular flexibility index (Phi) is 6.05. The number of thiazole rings is 1. The molecule has 0 saturated carbocycles. The van der Waals surface area contributed by atoms with Crippen molar-refractivity contribution in [3.63, 3.8) is 0 Å². The van der Waals surface area contributed by atoms with Gasteiger partial charge >= 0.3 is 0 Å². The van der Waals surface area contributed by atoms with Crippen LogP contribution in [0.4, 0.5) is 5.13 Å². The predicted molar refractivity (Wildman–Crippen MR) is 115 cm³/mol.